The van der Waals surface area contributed by atoms with Crippen LogP contribution in [0.4, 0.5) is 0 Å². The molecule has 0 heterocycles. The second-order valence-electron chi connectivity index (χ2n) is 4.87. The first-order valence-electron chi connectivity index (χ1n) is 6.73. The summed E-state index contributed by atoms with van der Waals surface area (Å²) in [6.45, 7) is 2.02. The Balaban J connectivity index is 1.96. The van der Waals surface area contributed by atoms with E-state index in [0.717, 1.165) is 24.0 Å². The summed E-state index contributed by atoms with van der Waals surface area (Å²) in [6.07, 6.45) is 2.17. The van der Waals surface area contributed by atoms with Crippen LogP contribution in [0, 0.1) is 0 Å². The van der Waals surface area contributed by atoms with E-state index < -0.39 is 9.84 Å². The third-order valence-electron chi connectivity index (χ3n) is 3.32. The molecule has 1 aromatic carbocycles. The fourth-order valence-electron chi connectivity index (χ4n) is 2.34. The Morgan fingerprint density at radius 3 is 2.80 bits per heavy atom. The zero-order chi connectivity index (χ0) is 14.6. The van der Waals surface area contributed by atoms with Crippen molar-refractivity contribution >= 4 is 15.5 Å². The molecular weight excluding hydrogens is 278 g/mol. The van der Waals surface area contributed by atoms with E-state index >= 15 is 0 Å². The van der Waals surface area contributed by atoms with Gasteiger partial charge in [0.15, 0.2) is 9.84 Å². The highest BCUT2D eigenvalue weighted by atomic mass is 32.2. The lowest BCUT2D eigenvalue weighted by molar-refractivity contribution is 0.318. The van der Waals surface area contributed by atoms with E-state index in [1.165, 1.54) is 0 Å². The summed E-state index contributed by atoms with van der Waals surface area (Å²) in [5.41, 5.74) is 2.71. The van der Waals surface area contributed by atoms with Gasteiger partial charge in [-0.3, -0.25) is 0 Å². The second kappa shape index (κ2) is 6.26. The number of nitrogens with zero attached hydrogens (tertiary/aromatic N) is 1. The smallest absolute Gasteiger partial charge is 0.153 e. The van der Waals surface area contributed by atoms with Gasteiger partial charge in [-0.2, -0.15) is 0 Å². The molecule has 6 heteroatoms. The summed E-state index contributed by atoms with van der Waals surface area (Å²) in [4.78, 5) is 0. The van der Waals surface area contributed by atoms with E-state index in [2.05, 4.69) is 5.16 Å². The van der Waals surface area contributed by atoms with Gasteiger partial charge in [-0.1, -0.05) is 12.1 Å². The number of sulfone groups is 1. The Morgan fingerprint density at radius 2 is 2.10 bits per heavy atom. The molecule has 0 spiro atoms. The first kappa shape index (κ1) is 14.8. The van der Waals surface area contributed by atoms with Crippen molar-refractivity contribution in [2.75, 3.05) is 18.1 Å². The van der Waals surface area contributed by atoms with Crippen LogP contribution in [0.3, 0.4) is 0 Å². The molecular formula is C14H19NO4S. The van der Waals surface area contributed by atoms with Crippen LogP contribution in [-0.4, -0.2) is 37.4 Å². The van der Waals surface area contributed by atoms with Crippen molar-refractivity contribution in [2.45, 2.75) is 26.2 Å². The predicted octanol–water partition coefficient (Wildman–Crippen LogP) is 2.01. The van der Waals surface area contributed by atoms with Gasteiger partial charge in [-0.15, -0.1) is 0 Å². The summed E-state index contributed by atoms with van der Waals surface area (Å²) in [6, 6.07) is 5.52. The summed E-state index contributed by atoms with van der Waals surface area (Å²) in [7, 11) is -3.00. The summed E-state index contributed by atoms with van der Waals surface area (Å²) in [5, 5.41) is 12.1. The third kappa shape index (κ3) is 3.50. The van der Waals surface area contributed by atoms with Gasteiger partial charge in [0.1, 0.15) is 12.4 Å². The minimum Gasteiger partial charge on any atom is -0.493 e. The molecule has 20 heavy (non-hydrogen) atoms. The van der Waals surface area contributed by atoms with Gasteiger partial charge in [0.2, 0.25) is 0 Å². The van der Waals surface area contributed by atoms with E-state index in [0.29, 0.717) is 17.9 Å². The van der Waals surface area contributed by atoms with E-state index in [1.54, 1.807) is 6.07 Å². The van der Waals surface area contributed by atoms with Crippen LogP contribution in [-0.2, 0) is 16.3 Å². The molecule has 5 nitrogen and oxygen atoms in total. The van der Waals surface area contributed by atoms with Gasteiger partial charge in [-0.05, 0) is 43.0 Å². The van der Waals surface area contributed by atoms with Gasteiger partial charge >= 0.3 is 0 Å². The Hall–Kier alpha value is -1.56. The number of fused-ring (bicyclic) bond motifs is 1. The molecule has 0 radical (unpaired) electrons. The lowest BCUT2D eigenvalue weighted by Crippen LogP contribution is -2.16. The average Bonchev–Trinajstić information content (AvgIpc) is 2.80. The summed E-state index contributed by atoms with van der Waals surface area (Å²) in [5.74, 6) is 0.910. The Labute approximate surface area is 119 Å². The third-order valence-corrected chi connectivity index (χ3v) is 5.14. The highest BCUT2D eigenvalue weighted by Gasteiger charge is 2.18. The molecule has 1 aliphatic rings. The topological polar surface area (TPSA) is 76.0 Å². The SMILES string of the molecule is CCCS(=O)(=O)CCOc1ccc2c(c1)CC/C2=N\O. The average molecular weight is 297 g/mol. The van der Waals surface area contributed by atoms with Crippen molar-refractivity contribution < 1.29 is 18.4 Å². The first-order valence-corrected chi connectivity index (χ1v) is 8.55. The highest BCUT2D eigenvalue weighted by molar-refractivity contribution is 7.91. The normalized spacial score (nSPS) is 16.4. The molecule has 0 saturated carbocycles. The molecule has 1 aromatic rings. The summed E-state index contributed by atoms with van der Waals surface area (Å²) >= 11 is 0. The molecule has 0 atom stereocenters. The number of oxime groups is 1. The standard InChI is InChI=1S/C14H19NO4S/c1-2-8-20(17,18)9-7-19-12-4-5-13-11(10-12)3-6-14(13)15-16/h4-5,10,16H,2-3,6-9H2,1H3/b15-14+. The number of rotatable bonds is 6. The van der Waals surface area contributed by atoms with Crippen molar-refractivity contribution in [3.8, 4) is 5.75 Å². The van der Waals surface area contributed by atoms with Crippen LogP contribution in [0.1, 0.15) is 30.9 Å². The lowest BCUT2D eigenvalue weighted by Gasteiger charge is -2.08. The fraction of sp³-hybridized carbons (Fsp3) is 0.500. The zero-order valence-electron chi connectivity index (χ0n) is 11.5. The zero-order valence-corrected chi connectivity index (χ0v) is 12.3. The van der Waals surface area contributed by atoms with Gasteiger partial charge in [-0.25, -0.2) is 8.42 Å². The molecule has 2 rings (SSSR count). The minimum absolute atomic E-state index is 0.0429. The predicted molar refractivity (Wildman–Crippen MR) is 77.5 cm³/mol. The van der Waals surface area contributed by atoms with Crippen molar-refractivity contribution in [2.24, 2.45) is 5.16 Å². The Bertz CT molecular complexity index is 608. The Kier molecular flexibility index (Phi) is 4.65. The van der Waals surface area contributed by atoms with E-state index in [4.69, 9.17) is 9.94 Å². The number of aryl methyl sites for hydroxylation is 1. The van der Waals surface area contributed by atoms with Crippen LogP contribution < -0.4 is 4.74 Å². The number of hydrogen-bond acceptors (Lipinski definition) is 5. The van der Waals surface area contributed by atoms with Crippen molar-refractivity contribution in [1.29, 1.82) is 0 Å². The minimum atomic E-state index is -3.00. The maximum atomic E-state index is 11.6. The van der Waals surface area contributed by atoms with Gasteiger partial charge in [0.25, 0.3) is 0 Å². The monoisotopic (exact) mass is 297 g/mol. The molecule has 0 bridgehead atoms. The molecule has 0 fully saturated rings. The molecule has 1 N–H and O–H groups in total. The van der Waals surface area contributed by atoms with E-state index in [-0.39, 0.29) is 18.1 Å². The van der Waals surface area contributed by atoms with Crippen molar-refractivity contribution in [1.82, 2.24) is 0 Å². The summed E-state index contributed by atoms with van der Waals surface area (Å²) < 4.78 is 28.6. The first-order chi connectivity index (χ1) is 9.55. The molecule has 0 aromatic heterocycles. The molecule has 0 aliphatic heterocycles. The van der Waals surface area contributed by atoms with Crippen molar-refractivity contribution in [3.63, 3.8) is 0 Å². The quantitative estimate of drug-likeness (QED) is 0.644. The highest BCUT2D eigenvalue weighted by Crippen LogP contribution is 2.26. The number of ether oxygens (including phenoxy) is 1. The maximum Gasteiger partial charge on any atom is 0.153 e. The largest absolute Gasteiger partial charge is 0.493 e. The van der Waals surface area contributed by atoms with Crippen LogP contribution in [0.5, 0.6) is 5.75 Å². The Morgan fingerprint density at radius 1 is 1.30 bits per heavy atom. The van der Waals surface area contributed by atoms with Crippen LogP contribution in [0.2, 0.25) is 0 Å². The fourth-order valence-corrected chi connectivity index (χ4v) is 3.50. The second-order valence-corrected chi connectivity index (χ2v) is 7.17. The number of benzene rings is 1. The van der Waals surface area contributed by atoms with Crippen LogP contribution in [0.15, 0.2) is 23.4 Å². The molecule has 0 amide bonds. The molecule has 0 unspecified atom stereocenters. The van der Waals surface area contributed by atoms with Gasteiger partial charge in [0.05, 0.1) is 17.2 Å². The van der Waals surface area contributed by atoms with Crippen molar-refractivity contribution in [3.05, 3.63) is 29.3 Å². The maximum absolute atomic E-state index is 11.6. The van der Waals surface area contributed by atoms with E-state index in [1.807, 2.05) is 19.1 Å². The lowest BCUT2D eigenvalue weighted by atomic mass is 10.1. The van der Waals surface area contributed by atoms with Gasteiger partial charge in [0, 0.05) is 5.56 Å². The van der Waals surface area contributed by atoms with Crippen LogP contribution >= 0.6 is 0 Å². The van der Waals surface area contributed by atoms with Crippen LogP contribution in [0.25, 0.3) is 0 Å². The number of hydrogen-bond donors (Lipinski definition) is 1. The molecule has 110 valence electrons. The molecule has 0 saturated heterocycles. The van der Waals surface area contributed by atoms with Gasteiger partial charge < -0.3 is 9.94 Å². The molecule has 1 aliphatic carbocycles. The van der Waals surface area contributed by atoms with E-state index in [9.17, 15) is 8.42 Å².